The average molecular weight is 305 g/mol. The maximum Gasteiger partial charge on any atom is 0.344 e. The Labute approximate surface area is 128 Å². The van der Waals surface area contributed by atoms with E-state index in [0.717, 1.165) is 11.2 Å². The molecule has 0 fully saturated rings. The number of carbonyl (C=O) groups is 2. The van der Waals surface area contributed by atoms with Crippen LogP contribution in [0.25, 0.3) is 10.9 Å². The summed E-state index contributed by atoms with van der Waals surface area (Å²) in [6.07, 6.45) is -0.965. The van der Waals surface area contributed by atoms with Gasteiger partial charge in [0, 0.05) is 23.6 Å². The fraction of sp³-hybridized carbons (Fsp3) is 0.375. The van der Waals surface area contributed by atoms with E-state index in [9.17, 15) is 9.59 Å². The Kier molecular flexibility index (Phi) is 4.40. The molecule has 0 radical (unpaired) electrons. The highest BCUT2D eigenvalue weighted by molar-refractivity contribution is 6.06. The third-order valence-corrected chi connectivity index (χ3v) is 3.60. The fourth-order valence-electron chi connectivity index (χ4n) is 2.34. The molecule has 0 unspecified atom stereocenters. The molecule has 6 heteroatoms. The number of ether oxygens (including phenoxy) is 2. The molecule has 118 valence electrons. The molecule has 0 aliphatic carbocycles. The number of carbonyl (C=O) groups excluding carboxylic acids is 1. The molecule has 0 bridgehead atoms. The normalized spacial score (nSPS) is 12.2. The summed E-state index contributed by atoms with van der Waals surface area (Å²) in [5, 5.41) is 9.60. The van der Waals surface area contributed by atoms with Gasteiger partial charge in [-0.1, -0.05) is 0 Å². The number of hydrogen-bond acceptors (Lipinski definition) is 4. The number of benzene rings is 1. The number of aromatic nitrogens is 1. The van der Waals surface area contributed by atoms with Crippen molar-refractivity contribution < 1.29 is 24.2 Å². The van der Waals surface area contributed by atoms with E-state index in [1.165, 1.54) is 6.92 Å². The molecule has 1 atom stereocenters. The average Bonchev–Trinajstić information content (AvgIpc) is 2.70. The molecule has 0 aliphatic rings. The maximum absolute atomic E-state index is 12.2. The SMILES string of the molecule is CCOC(=O)c1c(C)n(C)c2ccc(O[C@H](C)C(=O)O)cc12. The molecule has 1 aromatic heterocycles. The van der Waals surface area contributed by atoms with Crippen molar-refractivity contribution in [3.05, 3.63) is 29.5 Å². The molecule has 6 nitrogen and oxygen atoms in total. The monoisotopic (exact) mass is 305 g/mol. The second-order valence-electron chi connectivity index (χ2n) is 5.02. The number of carboxylic acids is 1. The Hall–Kier alpha value is -2.50. The van der Waals surface area contributed by atoms with Crippen molar-refractivity contribution in [1.29, 1.82) is 0 Å². The van der Waals surface area contributed by atoms with Gasteiger partial charge < -0.3 is 19.1 Å². The lowest BCUT2D eigenvalue weighted by Crippen LogP contribution is -2.22. The molecular formula is C16H19NO5. The highest BCUT2D eigenvalue weighted by atomic mass is 16.5. The van der Waals surface area contributed by atoms with E-state index in [2.05, 4.69) is 0 Å². The maximum atomic E-state index is 12.2. The molecule has 1 aromatic carbocycles. The van der Waals surface area contributed by atoms with Crippen LogP contribution in [-0.4, -0.2) is 34.3 Å². The number of aryl methyl sites for hydroxylation is 1. The van der Waals surface area contributed by atoms with E-state index in [4.69, 9.17) is 14.6 Å². The van der Waals surface area contributed by atoms with Gasteiger partial charge in [0.05, 0.1) is 12.2 Å². The fourth-order valence-corrected chi connectivity index (χ4v) is 2.34. The first-order chi connectivity index (χ1) is 10.4. The van der Waals surface area contributed by atoms with Crippen molar-refractivity contribution in [1.82, 2.24) is 4.57 Å². The molecule has 1 N–H and O–H groups in total. The minimum atomic E-state index is -1.05. The zero-order valence-corrected chi connectivity index (χ0v) is 13.0. The smallest absolute Gasteiger partial charge is 0.344 e. The molecular weight excluding hydrogens is 286 g/mol. The predicted molar refractivity (Wildman–Crippen MR) is 81.3 cm³/mol. The highest BCUT2D eigenvalue weighted by Gasteiger charge is 2.21. The Morgan fingerprint density at radius 3 is 2.64 bits per heavy atom. The van der Waals surface area contributed by atoms with Crippen molar-refractivity contribution in [3.63, 3.8) is 0 Å². The van der Waals surface area contributed by atoms with Crippen molar-refractivity contribution in [3.8, 4) is 5.75 Å². The molecule has 0 saturated carbocycles. The summed E-state index contributed by atoms with van der Waals surface area (Å²) < 4.78 is 12.4. The van der Waals surface area contributed by atoms with E-state index in [-0.39, 0.29) is 0 Å². The van der Waals surface area contributed by atoms with E-state index in [1.807, 2.05) is 18.5 Å². The van der Waals surface area contributed by atoms with Gasteiger partial charge in [0.1, 0.15) is 5.75 Å². The summed E-state index contributed by atoms with van der Waals surface area (Å²) in [4.78, 5) is 23.0. The minimum absolute atomic E-state index is 0.293. The second-order valence-corrected chi connectivity index (χ2v) is 5.02. The number of nitrogens with zero attached hydrogens (tertiary/aromatic N) is 1. The summed E-state index contributed by atoms with van der Waals surface area (Å²) in [6, 6.07) is 5.17. The van der Waals surface area contributed by atoms with Crippen LogP contribution in [0.5, 0.6) is 5.75 Å². The van der Waals surface area contributed by atoms with Gasteiger partial charge >= 0.3 is 11.9 Å². The van der Waals surface area contributed by atoms with Gasteiger partial charge in [-0.15, -0.1) is 0 Å². The van der Waals surface area contributed by atoms with E-state index < -0.39 is 18.0 Å². The molecule has 0 spiro atoms. The lowest BCUT2D eigenvalue weighted by Gasteiger charge is -2.10. The van der Waals surface area contributed by atoms with Crippen molar-refractivity contribution in [2.45, 2.75) is 26.9 Å². The summed E-state index contributed by atoms with van der Waals surface area (Å²) >= 11 is 0. The van der Waals surface area contributed by atoms with Gasteiger partial charge in [-0.3, -0.25) is 0 Å². The lowest BCUT2D eigenvalue weighted by atomic mass is 10.1. The van der Waals surface area contributed by atoms with E-state index >= 15 is 0 Å². The van der Waals surface area contributed by atoms with Gasteiger partial charge in [0.15, 0.2) is 6.10 Å². The second kappa shape index (κ2) is 6.09. The molecule has 2 rings (SSSR count). The van der Waals surface area contributed by atoms with Crippen LogP contribution in [-0.2, 0) is 16.6 Å². The zero-order chi connectivity index (χ0) is 16.4. The molecule has 1 heterocycles. The summed E-state index contributed by atoms with van der Waals surface area (Å²) in [6.45, 7) is 5.34. The van der Waals surface area contributed by atoms with Crippen LogP contribution >= 0.6 is 0 Å². The van der Waals surface area contributed by atoms with Crippen molar-refractivity contribution >= 4 is 22.8 Å². The number of hydrogen-bond donors (Lipinski definition) is 1. The Morgan fingerprint density at radius 1 is 1.36 bits per heavy atom. The minimum Gasteiger partial charge on any atom is -0.479 e. The van der Waals surface area contributed by atoms with Crippen LogP contribution < -0.4 is 4.74 Å². The van der Waals surface area contributed by atoms with Crippen molar-refractivity contribution in [2.24, 2.45) is 7.05 Å². The quantitative estimate of drug-likeness (QED) is 0.859. The number of esters is 1. The molecule has 2 aromatic rings. The highest BCUT2D eigenvalue weighted by Crippen LogP contribution is 2.29. The van der Waals surface area contributed by atoms with Gasteiger partial charge in [0.2, 0.25) is 0 Å². The van der Waals surface area contributed by atoms with Crippen LogP contribution in [0.2, 0.25) is 0 Å². The zero-order valence-electron chi connectivity index (χ0n) is 13.0. The van der Waals surface area contributed by atoms with Crippen LogP contribution in [0.15, 0.2) is 18.2 Å². The first-order valence-corrected chi connectivity index (χ1v) is 7.02. The largest absolute Gasteiger partial charge is 0.479 e. The molecule has 0 aliphatic heterocycles. The molecule has 0 saturated heterocycles. The number of rotatable bonds is 5. The molecule has 0 amide bonds. The standard InChI is InChI=1S/C16H19NO5/c1-5-21-16(20)14-9(2)17(4)13-7-6-11(8-12(13)14)22-10(3)15(18)19/h6-8,10H,5H2,1-4H3,(H,18,19)/t10-/m1/s1. The van der Waals surface area contributed by atoms with Crippen LogP contribution in [0.4, 0.5) is 0 Å². The van der Waals surface area contributed by atoms with Crippen LogP contribution in [0, 0.1) is 6.92 Å². The first kappa shape index (κ1) is 15.9. The Balaban J connectivity index is 2.52. The lowest BCUT2D eigenvalue weighted by molar-refractivity contribution is -0.144. The topological polar surface area (TPSA) is 77.8 Å². The van der Waals surface area contributed by atoms with Gasteiger partial charge in [0.25, 0.3) is 0 Å². The predicted octanol–water partition coefficient (Wildman–Crippen LogP) is 2.52. The summed E-state index contributed by atoms with van der Waals surface area (Å²) in [5.74, 6) is -1.04. The number of fused-ring (bicyclic) bond motifs is 1. The Morgan fingerprint density at radius 2 is 2.05 bits per heavy atom. The molecule has 22 heavy (non-hydrogen) atoms. The third-order valence-electron chi connectivity index (χ3n) is 3.60. The van der Waals surface area contributed by atoms with Gasteiger partial charge in [-0.2, -0.15) is 0 Å². The van der Waals surface area contributed by atoms with Crippen molar-refractivity contribution in [2.75, 3.05) is 6.61 Å². The number of aliphatic carboxylic acids is 1. The van der Waals surface area contributed by atoms with E-state index in [1.54, 1.807) is 25.1 Å². The first-order valence-electron chi connectivity index (χ1n) is 7.02. The van der Waals surface area contributed by atoms with Gasteiger partial charge in [-0.05, 0) is 39.0 Å². The summed E-state index contributed by atoms with van der Waals surface area (Å²) in [7, 11) is 1.86. The van der Waals surface area contributed by atoms with Crippen LogP contribution in [0.3, 0.4) is 0 Å². The van der Waals surface area contributed by atoms with E-state index in [0.29, 0.717) is 23.3 Å². The van der Waals surface area contributed by atoms with Crippen LogP contribution in [0.1, 0.15) is 29.9 Å². The third kappa shape index (κ3) is 2.77. The summed E-state index contributed by atoms with van der Waals surface area (Å²) in [5.41, 5.74) is 2.13. The van der Waals surface area contributed by atoms with Gasteiger partial charge in [-0.25, -0.2) is 9.59 Å². The Bertz CT molecular complexity index is 732. The number of carboxylic acid groups (broad SMARTS) is 1.